The molecule has 0 saturated carbocycles. The van der Waals surface area contributed by atoms with Gasteiger partial charge in [-0.2, -0.15) is 0 Å². The monoisotopic (exact) mass is 174 g/mol. The zero-order valence-corrected chi connectivity index (χ0v) is 7.57. The summed E-state index contributed by atoms with van der Waals surface area (Å²) in [7, 11) is 3.08. The predicted octanol–water partition coefficient (Wildman–Crippen LogP) is 0.352. The fraction of sp³-hybridized carbons (Fsp3) is 0.875. The second-order valence-corrected chi connectivity index (χ2v) is 2.81. The lowest BCUT2D eigenvalue weighted by molar-refractivity contribution is -0.202. The number of rotatable bonds is 2. The van der Waals surface area contributed by atoms with Crippen molar-refractivity contribution in [3.05, 3.63) is 0 Å². The van der Waals surface area contributed by atoms with Crippen LogP contribution in [0.1, 0.15) is 13.3 Å². The van der Waals surface area contributed by atoms with Crippen LogP contribution in [0.5, 0.6) is 0 Å². The molecule has 0 aliphatic carbocycles. The summed E-state index contributed by atoms with van der Waals surface area (Å²) >= 11 is 0. The molecule has 0 spiro atoms. The molecule has 1 saturated heterocycles. The average Bonchev–Trinajstić information content (AvgIpc) is 2.09. The van der Waals surface area contributed by atoms with Gasteiger partial charge in [-0.1, -0.05) is 0 Å². The molecule has 0 unspecified atom stereocenters. The summed E-state index contributed by atoms with van der Waals surface area (Å²) in [5.74, 6) is -0.00852. The summed E-state index contributed by atoms with van der Waals surface area (Å²) in [5, 5.41) is 0. The van der Waals surface area contributed by atoms with Gasteiger partial charge < -0.3 is 14.2 Å². The van der Waals surface area contributed by atoms with Crippen LogP contribution in [-0.2, 0) is 19.0 Å². The minimum atomic E-state index is -0.423. The molecule has 1 fully saturated rings. The third-order valence-electron chi connectivity index (χ3n) is 2.03. The van der Waals surface area contributed by atoms with Crippen LogP contribution >= 0.6 is 0 Å². The van der Waals surface area contributed by atoms with Gasteiger partial charge in [-0.05, 0) is 6.92 Å². The Hall–Kier alpha value is -0.450. The first kappa shape index (κ1) is 9.64. The fourth-order valence-corrected chi connectivity index (χ4v) is 1.27. The quantitative estimate of drug-likeness (QED) is 0.606. The Labute approximate surface area is 71.8 Å². The van der Waals surface area contributed by atoms with Gasteiger partial charge in [0.25, 0.3) is 0 Å². The van der Waals surface area contributed by atoms with Crippen molar-refractivity contribution in [3.63, 3.8) is 0 Å². The Morgan fingerprint density at radius 3 is 2.58 bits per heavy atom. The van der Waals surface area contributed by atoms with Crippen molar-refractivity contribution >= 4 is 5.78 Å². The summed E-state index contributed by atoms with van der Waals surface area (Å²) < 4.78 is 15.2. The Bertz CT molecular complexity index is 168. The van der Waals surface area contributed by atoms with E-state index in [-0.39, 0.29) is 18.2 Å². The molecule has 0 aromatic carbocycles. The minimum Gasteiger partial charge on any atom is -0.373 e. The molecular weight excluding hydrogens is 160 g/mol. The molecule has 1 heterocycles. The lowest BCUT2D eigenvalue weighted by Crippen LogP contribution is -2.44. The molecule has 0 N–H and O–H groups in total. The van der Waals surface area contributed by atoms with E-state index < -0.39 is 6.10 Å². The Morgan fingerprint density at radius 2 is 2.08 bits per heavy atom. The van der Waals surface area contributed by atoms with Crippen molar-refractivity contribution < 1.29 is 19.0 Å². The third-order valence-corrected chi connectivity index (χ3v) is 2.03. The van der Waals surface area contributed by atoms with Crippen molar-refractivity contribution in [3.8, 4) is 0 Å². The Kier molecular flexibility index (Phi) is 3.20. The van der Waals surface area contributed by atoms with E-state index in [2.05, 4.69) is 0 Å². The molecule has 0 aromatic rings. The predicted molar refractivity (Wildman–Crippen MR) is 41.8 cm³/mol. The lowest BCUT2D eigenvalue weighted by Gasteiger charge is -2.30. The maximum atomic E-state index is 11.3. The van der Waals surface area contributed by atoms with E-state index in [1.165, 1.54) is 7.11 Å². The first-order valence-electron chi connectivity index (χ1n) is 3.93. The first-order chi connectivity index (χ1) is 5.69. The standard InChI is InChI=1S/C8H14O4/c1-5-8(9)6(10-2)4-7(11-3)12-5/h5-7H,4H2,1-3H3/t5-,6+,7+/m1/s1. The van der Waals surface area contributed by atoms with Crippen LogP contribution in [0.15, 0.2) is 0 Å². The summed E-state index contributed by atoms with van der Waals surface area (Å²) in [6.45, 7) is 1.71. The van der Waals surface area contributed by atoms with Gasteiger partial charge in [0.05, 0.1) is 0 Å². The van der Waals surface area contributed by atoms with Crippen molar-refractivity contribution in [2.75, 3.05) is 14.2 Å². The van der Waals surface area contributed by atoms with Gasteiger partial charge in [-0.25, -0.2) is 0 Å². The maximum Gasteiger partial charge on any atom is 0.190 e. The number of carbonyl (C=O) groups excluding carboxylic acids is 1. The number of ether oxygens (including phenoxy) is 3. The van der Waals surface area contributed by atoms with Crippen LogP contribution in [0.2, 0.25) is 0 Å². The van der Waals surface area contributed by atoms with Crippen LogP contribution in [0.25, 0.3) is 0 Å². The van der Waals surface area contributed by atoms with E-state index in [1.807, 2.05) is 0 Å². The van der Waals surface area contributed by atoms with E-state index in [9.17, 15) is 4.79 Å². The van der Waals surface area contributed by atoms with E-state index in [0.29, 0.717) is 6.42 Å². The van der Waals surface area contributed by atoms with Crippen molar-refractivity contribution in [2.24, 2.45) is 0 Å². The number of methoxy groups -OCH3 is 2. The van der Waals surface area contributed by atoms with Crippen molar-refractivity contribution in [2.45, 2.75) is 31.8 Å². The molecule has 3 atom stereocenters. The zero-order chi connectivity index (χ0) is 9.14. The highest BCUT2D eigenvalue weighted by atomic mass is 16.7. The third kappa shape index (κ3) is 1.83. The van der Waals surface area contributed by atoms with Crippen LogP contribution in [0.3, 0.4) is 0 Å². The summed E-state index contributed by atoms with van der Waals surface area (Å²) in [6, 6.07) is 0. The summed E-state index contributed by atoms with van der Waals surface area (Å²) in [4.78, 5) is 11.3. The molecule has 0 bridgehead atoms. The van der Waals surface area contributed by atoms with Crippen LogP contribution in [0, 0.1) is 0 Å². The smallest absolute Gasteiger partial charge is 0.190 e. The summed E-state index contributed by atoms with van der Waals surface area (Å²) in [6.07, 6.45) is -0.633. The molecule has 1 aliphatic heterocycles. The molecule has 0 radical (unpaired) electrons. The van der Waals surface area contributed by atoms with Gasteiger partial charge >= 0.3 is 0 Å². The highest BCUT2D eigenvalue weighted by Gasteiger charge is 2.34. The largest absolute Gasteiger partial charge is 0.373 e. The number of ketones is 1. The number of hydrogen-bond acceptors (Lipinski definition) is 4. The second kappa shape index (κ2) is 3.98. The minimum absolute atomic E-state index is 0.00852. The van der Waals surface area contributed by atoms with E-state index in [0.717, 1.165) is 0 Å². The normalized spacial score (nSPS) is 36.9. The molecule has 0 aromatic heterocycles. The molecular formula is C8H14O4. The highest BCUT2D eigenvalue weighted by molar-refractivity contribution is 5.87. The molecule has 0 amide bonds. The van der Waals surface area contributed by atoms with Gasteiger partial charge in [-0.3, -0.25) is 4.79 Å². The van der Waals surface area contributed by atoms with Gasteiger partial charge in [0.1, 0.15) is 12.2 Å². The van der Waals surface area contributed by atoms with Crippen molar-refractivity contribution in [1.82, 2.24) is 0 Å². The van der Waals surface area contributed by atoms with Crippen LogP contribution < -0.4 is 0 Å². The fourth-order valence-electron chi connectivity index (χ4n) is 1.27. The Morgan fingerprint density at radius 1 is 1.42 bits per heavy atom. The van der Waals surface area contributed by atoms with E-state index in [1.54, 1.807) is 14.0 Å². The average molecular weight is 174 g/mol. The zero-order valence-electron chi connectivity index (χ0n) is 7.57. The molecule has 70 valence electrons. The molecule has 4 heteroatoms. The second-order valence-electron chi connectivity index (χ2n) is 2.81. The molecule has 12 heavy (non-hydrogen) atoms. The first-order valence-corrected chi connectivity index (χ1v) is 3.93. The maximum absolute atomic E-state index is 11.3. The van der Waals surface area contributed by atoms with Crippen molar-refractivity contribution in [1.29, 1.82) is 0 Å². The van der Waals surface area contributed by atoms with Gasteiger partial charge in [0, 0.05) is 20.6 Å². The summed E-state index contributed by atoms with van der Waals surface area (Å²) in [5.41, 5.74) is 0. The lowest BCUT2D eigenvalue weighted by atomic mass is 10.0. The number of Topliss-reactive ketones (excluding diaryl/α,β-unsaturated/α-hetero) is 1. The van der Waals surface area contributed by atoms with Gasteiger partial charge in [0.2, 0.25) is 0 Å². The van der Waals surface area contributed by atoms with Gasteiger partial charge in [0.15, 0.2) is 12.1 Å². The number of hydrogen-bond donors (Lipinski definition) is 0. The highest BCUT2D eigenvalue weighted by Crippen LogP contribution is 2.18. The van der Waals surface area contributed by atoms with Gasteiger partial charge in [-0.15, -0.1) is 0 Å². The van der Waals surface area contributed by atoms with Crippen LogP contribution in [0.4, 0.5) is 0 Å². The number of carbonyl (C=O) groups is 1. The molecule has 4 nitrogen and oxygen atoms in total. The molecule has 1 rings (SSSR count). The topological polar surface area (TPSA) is 44.8 Å². The van der Waals surface area contributed by atoms with Crippen LogP contribution in [-0.4, -0.2) is 38.5 Å². The Balaban J connectivity index is 2.58. The van der Waals surface area contributed by atoms with E-state index in [4.69, 9.17) is 14.2 Å². The SMILES string of the molecule is CO[C@@H]1C[C@H](OC)C(=O)[C@@H](C)O1. The van der Waals surface area contributed by atoms with E-state index >= 15 is 0 Å². The molecule has 1 aliphatic rings.